The SMILES string of the molecule is CN(C)c1ccc(C(=O)Nc2cc(NC(=O)COc3ccc4c(=O)ccoc4c3)cc(C(F)(F)F)c2)cc1. The summed E-state index contributed by atoms with van der Waals surface area (Å²) in [5.74, 6) is -1.13. The van der Waals surface area contributed by atoms with Gasteiger partial charge in [0.05, 0.1) is 17.2 Å². The molecule has 0 saturated heterocycles. The molecular formula is C27H22F3N3O5. The van der Waals surface area contributed by atoms with Crippen LogP contribution in [-0.4, -0.2) is 32.5 Å². The Morgan fingerprint density at radius 2 is 1.61 bits per heavy atom. The molecular weight excluding hydrogens is 503 g/mol. The van der Waals surface area contributed by atoms with E-state index in [2.05, 4.69) is 10.6 Å². The molecule has 8 nitrogen and oxygen atoms in total. The zero-order valence-corrected chi connectivity index (χ0v) is 20.3. The molecule has 3 aromatic carbocycles. The third kappa shape index (κ3) is 6.30. The topological polar surface area (TPSA) is 101 Å². The first-order valence-corrected chi connectivity index (χ1v) is 11.2. The Morgan fingerprint density at radius 1 is 0.921 bits per heavy atom. The lowest BCUT2D eigenvalue weighted by Gasteiger charge is -2.15. The summed E-state index contributed by atoms with van der Waals surface area (Å²) in [6, 6.07) is 14.9. The molecule has 4 aromatic rings. The second kappa shape index (κ2) is 10.7. The number of carbonyl (C=O) groups is 2. The van der Waals surface area contributed by atoms with Crippen LogP contribution >= 0.6 is 0 Å². The largest absolute Gasteiger partial charge is 0.484 e. The second-order valence-electron chi connectivity index (χ2n) is 8.47. The summed E-state index contributed by atoms with van der Waals surface area (Å²) < 4.78 is 51.2. The summed E-state index contributed by atoms with van der Waals surface area (Å²) in [6.45, 7) is -0.529. The number of nitrogens with one attached hydrogen (secondary N) is 2. The maximum absolute atomic E-state index is 13.5. The molecule has 0 unspecified atom stereocenters. The van der Waals surface area contributed by atoms with Crippen molar-refractivity contribution in [3.63, 3.8) is 0 Å². The van der Waals surface area contributed by atoms with Crippen molar-refractivity contribution in [3.8, 4) is 5.75 Å². The van der Waals surface area contributed by atoms with Gasteiger partial charge in [0.15, 0.2) is 12.0 Å². The predicted molar refractivity (Wildman–Crippen MR) is 137 cm³/mol. The van der Waals surface area contributed by atoms with E-state index in [-0.39, 0.29) is 33.7 Å². The lowest BCUT2D eigenvalue weighted by molar-refractivity contribution is -0.137. The van der Waals surface area contributed by atoms with Crippen LogP contribution in [0.1, 0.15) is 15.9 Å². The molecule has 4 rings (SSSR count). The molecule has 0 aliphatic heterocycles. The lowest BCUT2D eigenvalue weighted by Crippen LogP contribution is -2.21. The Bertz CT molecular complexity index is 1550. The third-order valence-corrected chi connectivity index (χ3v) is 5.45. The molecule has 11 heteroatoms. The number of nitrogens with zero attached hydrogens (tertiary/aromatic N) is 1. The van der Waals surface area contributed by atoms with Crippen LogP contribution in [0.2, 0.25) is 0 Å². The molecule has 0 aliphatic carbocycles. The minimum Gasteiger partial charge on any atom is -0.484 e. The first-order chi connectivity index (χ1) is 18.0. The van der Waals surface area contributed by atoms with Crippen LogP contribution in [0.4, 0.5) is 30.2 Å². The fourth-order valence-corrected chi connectivity index (χ4v) is 3.55. The van der Waals surface area contributed by atoms with Crippen molar-refractivity contribution in [2.24, 2.45) is 0 Å². The highest BCUT2D eigenvalue weighted by Crippen LogP contribution is 2.33. The standard InChI is InChI=1S/C27H22F3N3O5/c1-33(2)20-5-3-16(4-6-20)26(36)32-19-12-17(27(28,29)30)11-18(13-19)31-25(35)15-38-21-7-8-22-23(34)9-10-37-24(22)14-21/h3-14H,15H2,1-2H3,(H,31,35)(H,32,36). The van der Waals surface area contributed by atoms with Crippen molar-refractivity contribution in [2.45, 2.75) is 6.18 Å². The summed E-state index contributed by atoms with van der Waals surface area (Å²) in [4.78, 5) is 38.7. The molecule has 0 bridgehead atoms. The number of alkyl halides is 3. The van der Waals surface area contributed by atoms with E-state index in [1.54, 1.807) is 24.3 Å². The summed E-state index contributed by atoms with van der Waals surface area (Å²) in [5.41, 5.74) is -0.282. The molecule has 0 fully saturated rings. The molecule has 2 N–H and O–H groups in total. The van der Waals surface area contributed by atoms with Gasteiger partial charge >= 0.3 is 6.18 Å². The highest BCUT2D eigenvalue weighted by molar-refractivity contribution is 6.05. The van der Waals surface area contributed by atoms with Crippen molar-refractivity contribution >= 4 is 39.8 Å². The lowest BCUT2D eigenvalue weighted by atomic mass is 10.1. The molecule has 0 saturated carbocycles. The van der Waals surface area contributed by atoms with Crippen LogP contribution in [0, 0.1) is 0 Å². The van der Waals surface area contributed by atoms with Gasteiger partial charge in [0, 0.05) is 48.9 Å². The number of ether oxygens (including phenoxy) is 1. The molecule has 38 heavy (non-hydrogen) atoms. The van der Waals surface area contributed by atoms with E-state index in [9.17, 15) is 27.6 Å². The Morgan fingerprint density at radius 3 is 2.26 bits per heavy atom. The van der Waals surface area contributed by atoms with Crippen molar-refractivity contribution in [1.82, 2.24) is 0 Å². The number of rotatable bonds is 7. The highest BCUT2D eigenvalue weighted by atomic mass is 19.4. The van der Waals surface area contributed by atoms with Gasteiger partial charge in [-0.1, -0.05) is 0 Å². The first-order valence-electron chi connectivity index (χ1n) is 11.2. The Labute approximate surface area is 214 Å². The number of halogens is 3. The van der Waals surface area contributed by atoms with E-state index >= 15 is 0 Å². The maximum atomic E-state index is 13.5. The van der Waals surface area contributed by atoms with Gasteiger partial charge in [-0.3, -0.25) is 14.4 Å². The number of benzene rings is 3. The number of anilines is 3. The van der Waals surface area contributed by atoms with Crippen LogP contribution in [0.15, 0.2) is 82.2 Å². The van der Waals surface area contributed by atoms with Crippen molar-refractivity contribution in [3.05, 3.63) is 94.3 Å². The molecule has 0 atom stereocenters. The minimum absolute atomic E-state index is 0.151. The van der Waals surface area contributed by atoms with E-state index in [0.29, 0.717) is 5.39 Å². The average molecular weight is 525 g/mol. The fourth-order valence-electron chi connectivity index (χ4n) is 3.55. The normalized spacial score (nSPS) is 11.2. The molecule has 0 spiro atoms. The fraction of sp³-hybridized carbons (Fsp3) is 0.148. The number of carbonyl (C=O) groups excluding carboxylic acids is 2. The summed E-state index contributed by atoms with van der Waals surface area (Å²) in [5, 5.41) is 5.12. The van der Waals surface area contributed by atoms with E-state index in [4.69, 9.17) is 9.15 Å². The van der Waals surface area contributed by atoms with Gasteiger partial charge in [0.25, 0.3) is 11.8 Å². The monoisotopic (exact) mass is 525 g/mol. The van der Waals surface area contributed by atoms with Crippen LogP contribution < -0.4 is 25.7 Å². The van der Waals surface area contributed by atoms with Crippen LogP contribution in [0.25, 0.3) is 11.0 Å². The summed E-state index contributed by atoms with van der Waals surface area (Å²) >= 11 is 0. The van der Waals surface area contributed by atoms with Crippen LogP contribution in [-0.2, 0) is 11.0 Å². The third-order valence-electron chi connectivity index (χ3n) is 5.45. The number of fused-ring (bicyclic) bond motifs is 1. The van der Waals surface area contributed by atoms with Gasteiger partial charge in [-0.15, -0.1) is 0 Å². The van der Waals surface area contributed by atoms with Crippen molar-refractivity contribution in [2.75, 3.05) is 36.2 Å². The van der Waals surface area contributed by atoms with Gasteiger partial charge in [0.2, 0.25) is 0 Å². The van der Waals surface area contributed by atoms with E-state index < -0.39 is 30.2 Å². The Kier molecular flexibility index (Phi) is 7.38. The zero-order chi connectivity index (χ0) is 27.4. The van der Waals surface area contributed by atoms with E-state index in [1.165, 1.54) is 36.6 Å². The molecule has 196 valence electrons. The number of amides is 2. The Balaban J connectivity index is 1.47. The van der Waals surface area contributed by atoms with Crippen LogP contribution in [0.3, 0.4) is 0 Å². The summed E-state index contributed by atoms with van der Waals surface area (Å²) in [6.07, 6.45) is -3.50. The first kappa shape index (κ1) is 26.3. The predicted octanol–water partition coefficient (Wildman–Crippen LogP) is 5.15. The highest BCUT2D eigenvalue weighted by Gasteiger charge is 2.31. The van der Waals surface area contributed by atoms with Gasteiger partial charge in [0.1, 0.15) is 11.3 Å². The van der Waals surface area contributed by atoms with Crippen molar-refractivity contribution < 1.29 is 31.9 Å². The van der Waals surface area contributed by atoms with E-state index in [1.807, 2.05) is 19.0 Å². The van der Waals surface area contributed by atoms with E-state index in [0.717, 1.165) is 17.8 Å². The van der Waals surface area contributed by atoms with Gasteiger partial charge in [-0.25, -0.2) is 0 Å². The van der Waals surface area contributed by atoms with Crippen LogP contribution in [0.5, 0.6) is 5.75 Å². The molecule has 1 heterocycles. The number of hydrogen-bond acceptors (Lipinski definition) is 6. The Hall–Kier alpha value is -4.80. The smallest absolute Gasteiger partial charge is 0.416 e. The number of hydrogen-bond donors (Lipinski definition) is 2. The minimum atomic E-state index is -4.72. The molecule has 2 amide bonds. The molecule has 0 aliphatic rings. The average Bonchev–Trinajstić information content (AvgIpc) is 2.87. The quantitative estimate of drug-likeness (QED) is 0.346. The summed E-state index contributed by atoms with van der Waals surface area (Å²) in [7, 11) is 3.67. The van der Waals surface area contributed by atoms with Gasteiger partial charge in [-0.2, -0.15) is 13.2 Å². The second-order valence-corrected chi connectivity index (χ2v) is 8.47. The maximum Gasteiger partial charge on any atom is 0.416 e. The molecule has 1 aromatic heterocycles. The van der Waals surface area contributed by atoms with Gasteiger partial charge in [-0.05, 0) is 54.6 Å². The van der Waals surface area contributed by atoms with Crippen molar-refractivity contribution in [1.29, 1.82) is 0 Å². The zero-order valence-electron chi connectivity index (χ0n) is 20.3. The van der Waals surface area contributed by atoms with Gasteiger partial charge < -0.3 is 24.7 Å². The molecule has 0 radical (unpaired) electrons.